The molecule has 2 atom stereocenters. The number of anilines is 1. The number of hydrogen-bond donors (Lipinski definition) is 2. The van der Waals surface area contributed by atoms with Gasteiger partial charge in [0.05, 0.1) is 33.1 Å². The molecule has 10 heteroatoms. The molecule has 0 saturated heterocycles. The summed E-state index contributed by atoms with van der Waals surface area (Å²) in [6, 6.07) is 11.1. The number of benzene rings is 2. The van der Waals surface area contributed by atoms with Gasteiger partial charge in [-0.25, -0.2) is 9.78 Å². The van der Waals surface area contributed by atoms with Crippen LogP contribution in [0.5, 0.6) is 0 Å². The topological polar surface area (TPSA) is 85.4 Å². The average Bonchev–Trinajstić information content (AvgIpc) is 3.18. The predicted molar refractivity (Wildman–Crippen MR) is 142 cm³/mol. The Labute approximate surface area is 220 Å². The smallest absolute Gasteiger partial charge is 0.416 e. The van der Waals surface area contributed by atoms with E-state index in [0.29, 0.717) is 5.13 Å². The van der Waals surface area contributed by atoms with Crippen LogP contribution >= 0.6 is 11.3 Å². The average molecular weight is 552 g/mol. The van der Waals surface area contributed by atoms with Crippen LogP contribution in [0.25, 0.3) is 10.2 Å². The van der Waals surface area contributed by atoms with E-state index >= 15 is 0 Å². The van der Waals surface area contributed by atoms with Crippen molar-refractivity contribution in [3.63, 3.8) is 0 Å². The number of esters is 1. The number of aliphatic hydroxyl groups excluding tert-OH is 1. The summed E-state index contributed by atoms with van der Waals surface area (Å²) >= 11 is 1.35. The number of halogens is 3. The first-order valence-electron chi connectivity index (χ1n) is 12.0. The Bertz CT molecular complexity index is 1350. The van der Waals surface area contributed by atoms with Crippen LogP contribution in [0.4, 0.5) is 18.3 Å². The number of rotatable bonds is 7. The van der Waals surface area contributed by atoms with Gasteiger partial charge >= 0.3 is 12.1 Å². The molecule has 3 N–H and O–H groups in total. The summed E-state index contributed by atoms with van der Waals surface area (Å²) in [6.45, 7) is 7.65. The number of nitrogens with two attached hydrogens (primary N) is 1. The van der Waals surface area contributed by atoms with Gasteiger partial charge in [0.15, 0.2) is 15.8 Å². The van der Waals surface area contributed by atoms with Crippen molar-refractivity contribution in [3.05, 3.63) is 64.3 Å². The van der Waals surface area contributed by atoms with E-state index in [0.717, 1.165) is 21.2 Å². The fourth-order valence-electron chi connectivity index (χ4n) is 4.76. The quantitative estimate of drug-likeness (QED) is 0.243. The lowest BCUT2D eigenvalue weighted by molar-refractivity contribution is -0.164. The van der Waals surface area contributed by atoms with E-state index in [2.05, 4.69) is 4.98 Å². The molecule has 0 bridgehead atoms. The molecule has 0 amide bonds. The number of aliphatic hydroxyl groups is 1. The zero-order chi connectivity index (χ0) is 27.1. The van der Waals surface area contributed by atoms with E-state index in [1.165, 1.54) is 23.5 Å². The van der Waals surface area contributed by atoms with Crippen molar-refractivity contribution >= 4 is 43.5 Å². The zero-order valence-electron chi connectivity index (χ0n) is 21.1. The molecule has 3 aromatic rings. The van der Waals surface area contributed by atoms with Crippen molar-refractivity contribution in [2.24, 2.45) is 5.92 Å². The summed E-state index contributed by atoms with van der Waals surface area (Å²) < 4.78 is 47.5. The Morgan fingerprint density at radius 3 is 2.51 bits per heavy atom. The maximum Gasteiger partial charge on any atom is 0.416 e. The SMILES string of the molecule is CC(C)[S+](C1=C(O)CC(CCc2ccccc2C(F)(F)F)(C(C)C)OC1=O)c1ccc2nc(N)sc2c1. The molecule has 1 aliphatic heterocycles. The van der Waals surface area contributed by atoms with Gasteiger partial charge in [0.25, 0.3) is 4.91 Å². The first-order valence-corrected chi connectivity index (χ1v) is 14.1. The Balaban J connectivity index is 1.68. The van der Waals surface area contributed by atoms with Crippen LogP contribution in [0.1, 0.15) is 51.7 Å². The number of nitrogens with zero attached hydrogens (tertiary/aromatic N) is 1. The number of carbonyl (C=O) groups is 1. The summed E-state index contributed by atoms with van der Waals surface area (Å²) in [4.78, 5) is 18.9. The van der Waals surface area contributed by atoms with E-state index < -0.39 is 34.2 Å². The van der Waals surface area contributed by atoms with Gasteiger partial charge in [0, 0.05) is 6.07 Å². The number of aryl methyl sites for hydroxylation is 1. The molecule has 4 rings (SSSR count). The van der Waals surface area contributed by atoms with Crippen molar-refractivity contribution in [2.75, 3.05) is 5.73 Å². The Morgan fingerprint density at radius 2 is 1.89 bits per heavy atom. The Morgan fingerprint density at radius 1 is 1.19 bits per heavy atom. The molecule has 2 unspecified atom stereocenters. The van der Waals surface area contributed by atoms with Gasteiger partial charge in [-0.05, 0) is 56.4 Å². The normalized spacial score (nSPS) is 19.6. The highest BCUT2D eigenvalue weighted by Gasteiger charge is 2.51. The van der Waals surface area contributed by atoms with Gasteiger partial charge in [0.2, 0.25) is 0 Å². The first kappa shape index (κ1) is 27.3. The number of carbonyl (C=O) groups excluding carboxylic acids is 1. The number of hydrogen-bond acceptors (Lipinski definition) is 6. The van der Waals surface area contributed by atoms with E-state index in [1.807, 2.05) is 45.9 Å². The second-order valence-electron chi connectivity index (χ2n) is 9.78. The number of cyclic esters (lactones) is 1. The molecular formula is C27H30F3N2O3S2+. The minimum absolute atomic E-state index is 0.0161. The number of fused-ring (bicyclic) bond motifs is 1. The Hall–Kier alpha value is -2.72. The fraction of sp³-hybridized carbons (Fsp3) is 0.407. The maximum atomic E-state index is 13.5. The number of ether oxygens (including phenoxy) is 1. The third-order valence-electron chi connectivity index (χ3n) is 6.72. The van der Waals surface area contributed by atoms with Crippen LogP contribution in [0.15, 0.2) is 58.0 Å². The molecule has 1 aromatic heterocycles. The second kappa shape index (κ2) is 10.2. The van der Waals surface area contributed by atoms with Crippen molar-refractivity contribution in [1.29, 1.82) is 0 Å². The molecule has 5 nitrogen and oxygen atoms in total. The molecule has 198 valence electrons. The lowest BCUT2D eigenvalue weighted by Crippen LogP contribution is -2.46. The van der Waals surface area contributed by atoms with Crippen molar-refractivity contribution in [3.8, 4) is 0 Å². The molecular weight excluding hydrogens is 521 g/mol. The largest absolute Gasteiger partial charge is 0.507 e. The van der Waals surface area contributed by atoms with Gasteiger partial charge in [-0.2, -0.15) is 13.2 Å². The summed E-state index contributed by atoms with van der Waals surface area (Å²) in [7, 11) is -0.790. The standard InChI is InChI=1S/C27H29F3N2O3S2/c1-15(2)26(12-11-17-7-5-6-8-19(17)27(28,29)30)14-21(33)23(24(34)35-26)37(16(3)4)18-9-10-20-22(13-18)36-25(31)32-20/h5-10,13,15-16H,11-12,14H2,1-4H3,(H2-,31,32,33,34)/p+1. The third kappa shape index (κ3) is 5.45. The molecule has 2 aromatic carbocycles. The summed E-state index contributed by atoms with van der Waals surface area (Å²) in [5.41, 5.74) is 4.94. The molecule has 0 aliphatic carbocycles. The molecule has 0 spiro atoms. The minimum Gasteiger partial charge on any atom is -0.507 e. The van der Waals surface area contributed by atoms with Crippen LogP contribution in [-0.4, -0.2) is 26.9 Å². The Kier molecular flexibility index (Phi) is 7.54. The van der Waals surface area contributed by atoms with Crippen LogP contribution in [0.2, 0.25) is 0 Å². The first-order chi connectivity index (χ1) is 17.3. The summed E-state index contributed by atoms with van der Waals surface area (Å²) in [5.74, 6) is -0.909. The molecule has 37 heavy (non-hydrogen) atoms. The van der Waals surface area contributed by atoms with Crippen molar-refractivity contribution < 1.29 is 27.8 Å². The van der Waals surface area contributed by atoms with Gasteiger partial charge in [-0.1, -0.05) is 43.4 Å². The number of alkyl halides is 3. The second-order valence-corrected chi connectivity index (χ2v) is 13.3. The van der Waals surface area contributed by atoms with Crippen LogP contribution in [0.3, 0.4) is 0 Å². The van der Waals surface area contributed by atoms with E-state index in [4.69, 9.17) is 10.5 Å². The summed E-state index contributed by atoms with van der Waals surface area (Å²) in [6.07, 6.45) is -4.22. The summed E-state index contributed by atoms with van der Waals surface area (Å²) in [5, 5.41) is 11.7. The fourth-order valence-corrected chi connectivity index (χ4v) is 7.87. The van der Waals surface area contributed by atoms with Crippen LogP contribution in [0, 0.1) is 5.92 Å². The third-order valence-corrected chi connectivity index (χ3v) is 10.1. The van der Waals surface area contributed by atoms with Gasteiger partial charge < -0.3 is 15.6 Å². The molecule has 1 aliphatic rings. The predicted octanol–water partition coefficient (Wildman–Crippen LogP) is 7.03. The van der Waals surface area contributed by atoms with E-state index in [9.17, 15) is 23.1 Å². The maximum absolute atomic E-state index is 13.5. The monoisotopic (exact) mass is 551 g/mol. The van der Waals surface area contributed by atoms with E-state index in [1.54, 1.807) is 6.07 Å². The van der Waals surface area contributed by atoms with Gasteiger partial charge in [-0.15, -0.1) is 0 Å². The van der Waals surface area contributed by atoms with Crippen molar-refractivity contribution in [2.45, 2.75) is 68.9 Å². The highest BCUT2D eigenvalue weighted by atomic mass is 32.2. The van der Waals surface area contributed by atoms with Crippen molar-refractivity contribution in [1.82, 2.24) is 4.98 Å². The number of thiazole rings is 1. The van der Waals surface area contributed by atoms with Gasteiger partial charge in [-0.3, -0.25) is 0 Å². The molecule has 0 fully saturated rings. The molecule has 0 radical (unpaired) electrons. The molecule has 2 heterocycles. The van der Waals surface area contributed by atoms with Gasteiger partial charge in [0.1, 0.15) is 10.9 Å². The van der Waals surface area contributed by atoms with Crippen LogP contribution in [-0.2, 0) is 33.0 Å². The number of aromatic nitrogens is 1. The van der Waals surface area contributed by atoms with E-state index in [-0.39, 0.29) is 46.7 Å². The molecule has 0 saturated carbocycles. The number of nitrogen functional groups attached to an aromatic ring is 1. The van der Waals surface area contributed by atoms with Crippen LogP contribution < -0.4 is 5.73 Å². The minimum atomic E-state index is -4.48. The lowest BCUT2D eigenvalue weighted by atomic mass is 9.79. The zero-order valence-corrected chi connectivity index (χ0v) is 22.7. The highest BCUT2D eigenvalue weighted by molar-refractivity contribution is 8.02. The highest BCUT2D eigenvalue weighted by Crippen LogP contribution is 2.44. The lowest BCUT2D eigenvalue weighted by Gasteiger charge is -2.40.